The van der Waals surface area contributed by atoms with Gasteiger partial charge in [0.05, 0.1) is 6.10 Å². The molecule has 0 spiro atoms. The zero-order valence-electron chi connectivity index (χ0n) is 8.82. The number of halogens is 1. The van der Waals surface area contributed by atoms with Gasteiger partial charge in [-0.25, -0.2) is 0 Å². The van der Waals surface area contributed by atoms with Crippen LogP contribution in [-0.4, -0.2) is 29.4 Å². The number of pyridine rings is 1. The van der Waals surface area contributed by atoms with Crippen LogP contribution in [0, 0.1) is 0 Å². The highest BCUT2D eigenvalue weighted by molar-refractivity contribution is 9.10. The maximum Gasteiger partial charge on any atom is 0.0603 e. The quantitative estimate of drug-likeness (QED) is 0.808. The van der Waals surface area contributed by atoms with Gasteiger partial charge in [0, 0.05) is 30.1 Å². The van der Waals surface area contributed by atoms with E-state index in [4.69, 9.17) is 4.74 Å². The highest BCUT2D eigenvalue weighted by Crippen LogP contribution is 2.12. The molecule has 0 saturated heterocycles. The second-order valence-corrected chi connectivity index (χ2v) is 4.27. The third-order valence-corrected chi connectivity index (χ3v) is 2.47. The standard InChI is InChI=1S/C11H16BrNO2/c1-2-15-4-3-11(14)6-9-5-10(12)8-13-7-9/h5,7-8,11,14H,2-4,6H2,1H3. The van der Waals surface area contributed by atoms with E-state index in [9.17, 15) is 5.11 Å². The number of nitrogens with zero attached hydrogens (tertiary/aromatic N) is 1. The molecular formula is C11H16BrNO2. The first-order valence-electron chi connectivity index (χ1n) is 5.07. The highest BCUT2D eigenvalue weighted by Gasteiger charge is 2.05. The Labute approximate surface area is 98.6 Å². The summed E-state index contributed by atoms with van der Waals surface area (Å²) in [6.07, 6.45) is 4.44. The lowest BCUT2D eigenvalue weighted by molar-refractivity contribution is 0.0887. The molecule has 1 heterocycles. The molecule has 0 radical (unpaired) electrons. The number of ether oxygens (including phenoxy) is 1. The first-order valence-corrected chi connectivity index (χ1v) is 5.87. The molecule has 1 unspecified atom stereocenters. The number of aromatic nitrogens is 1. The van der Waals surface area contributed by atoms with Gasteiger partial charge in [0.2, 0.25) is 0 Å². The van der Waals surface area contributed by atoms with Crippen molar-refractivity contribution in [1.29, 1.82) is 0 Å². The van der Waals surface area contributed by atoms with Gasteiger partial charge >= 0.3 is 0 Å². The molecule has 0 aliphatic rings. The van der Waals surface area contributed by atoms with Crippen LogP contribution >= 0.6 is 15.9 Å². The van der Waals surface area contributed by atoms with Gasteiger partial charge in [0.1, 0.15) is 0 Å². The molecular weight excluding hydrogens is 258 g/mol. The molecule has 1 rings (SSSR count). The molecule has 1 aromatic rings. The normalized spacial score (nSPS) is 12.7. The summed E-state index contributed by atoms with van der Waals surface area (Å²) in [4.78, 5) is 4.04. The Morgan fingerprint density at radius 3 is 3.00 bits per heavy atom. The van der Waals surface area contributed by atoms with Crippen LogP contribution in [0.5, 0.6) is 0 Å². The summed E-state index contributed by atoms with van der Waals surface area (Å²) in [6.45, 7) is 3.26. The van der Waals surface area contributed by atoms with E-state index in [0.717, 1.165) is 10.0 Å². The highest BCUT2D eigenvalue weighted by atomic mass is 79.9. The van der Waals surface area contributed by atoms with Crippen molar-refractivity contribution in [3.8, 4) is 0 Å². The zero-order valence-corrected chi connectivity index (χ0v) is 10.4. The summed E-state index contributed by atoms with van der Waals surface area (Å²) in [5.74, 6) is 0. The Bertz CT molecular complexity index is 294. The number of hydrogen-bond donors (Lipinski definition) is 1. The summed E-state index contributed by atoms with van der Waals surface area (Å²) in [6, 6.07) is 1.97. The van der Waals surface area contributed by atoms with E-state index < -0.39 is 0 Å². The topological polar surface area (TPSA) is 42.4 Å². The van der Waals surface area contributed by atoms with Gasteiger partial charge in [-0.3, -0.25) is 4.98 Å². The SMILES string of the molecule is CCOCCC(O)Cc1cncc(Br)c1. The summed E-state index contributed by atoms with van der Waals surface area (Å²) in [5.41, 5.74) is 1.04. The first kappa shape index (κ1) is 12.6. The molecule has 0 aromatic carbocycles. The zero-order chi connectivity index (χ0) is 11.1. The number of aliphatic hydroxyl groups is 1. The van der Waals surface area contributed by atoms with Crippen molar-refractivity contribution in [2.24, 2.45) is 0 Å². The van der Waals surface area contributed by atoms with E-state index >= 15 is 0 Å². The average Bonchev–Trinajstić information content (AvgIpc) is 2.18. The lowest BCUT2D eigenvalue weighted by atomic mass is 10.1. The van der Waals surface area contributed by atoms with E-state index in [0.29, 0.717) is 26.1 Å². The van der Waals surface area contributed by atoms with E-state index in [-0.39, 0.29) is 6.10 Å². The molecule has 4 heteroatoms. The van der Waals surface area contributed by atoms with Crippen molar-refractivity contribution in [3.05, 3.63) is 28.5 Å². The second kappa shape index (κ2) is 6.93. The Morgan fingerprint density at radius 1 is 1.53 bits per heavy atom. The van der Waals surface area contributed by atoms with Crippen LogP contribution in [0.1, 0.15) is 18.9 Å². The number of hydrogen-bond acceptors (Lipinski definition) is 3. The van der Waals surface area contributed by atoms with Gasteiger partial charge in [0.15, 0.2) is 0 Å². The Morgan fingerprint density at radius 2 is 2.33 bits per heavy atom. The van der Waals surface area contributed by atoms with E-state index in [1.807, 2.05) is 13.0 Å². The van der Waals surface area contributed by atoms with Crippen LogP contribution in [0.3, 0.4) is 0 Å². The molecule has 0 saturated carbocycles. The van der Waals surface area contributed by atoms with E-state index in [1.165, 1.54) is 0 Å². The minimum absolute atomic E-state index is 0.354. The molecule has 84 valence electrons. The molecule has 0 bridgehead atoms. The van der Waals surface area contributed by atoms with E-state index in [1.54, 1.807) is 12.4 Å². The third-order valence-electron chi connectivity index (χ3n) is 2.03. The van der Waals surface area contributed by atoms with Crippen LogP contribution < -0.4 is 0 Å². The largest absolute Gasteiger partial charge is 0.393 e. The monoisotopic (exact) mass is 273 g/mol. The van der Waals surface area contributed by atoms with Crippen LogP contribution in [0.2, 0.25) is 0 Å². The van der Waals surface area contributed by atoms with Gasteiger partial charge in [-0.15, -0.1) is 0 Å². The van der Waals surface area contributed by atoms with Crippen molar-refractivity contribution < 1.29 is 9.84 Å². The average molecular weight is 274 g/mol. The van der Waals surface area contributed by atoms with E-state index in [2.05, 4.69) is 20.9 Å². The number of rotatable bonds is 6. The van der Waals surface area contributed by atoms with Crippen molar-refractivity contribution in [1.82, 2.24) is 4.98 Å². The molecule has 1 aromatic heterocycles. The molecule has 0 aliphatic heterocycles. The molecule has 1 atom stereocenters. The molecule has 3 nitrogen and oxygen atoms in total. The summed E-state index contributed by atoms with van der Waals surface area (Å²) in [7, 11) is 0. The predicted molar refractivity (Wildman–Crippen MR) is 62.8 cm³/mol. The summed E-state index contributed by atoms with van der Waals surface area (Å²) in [5, 5.41) is 9.70. The molecule has 1 N–H and O–H groups in total. The van der Waals surface area contributed by atoms with Crippen molar-refractivity contribution in [3.63, 3.8) is 0 Å². The molecule has 15 heavy (non-hydrogen) atoms. The van der Waals surface area contributed by atoms with Gasteiger partial charge in [-0.05, 0) is 47.3 Å². The maximum atomic E-state index is 9.70. The lowest BCUT2D eigenvalue weighted by Gasteiger charge is -2.10. The minimum Gasteiger partial charge on any atom is -0.393 e. The van der Waals surface area contributed by atoms with Crippen LogP contribution in [0.4, 0.5) is 0 Å². The van der Waals surface area contributed by atoms with Gasteiger partial charge in [-0.1, -0.05) is 0 Å². The first-order chi connectivity index (χ1) is 7.22. The van der Waals surface area contributed by atoms with Crippen molar-refractivity contribution in [2.45, 2.75) is 25.9 Å². The Hall–Kier alpha value is -0.450. The predicted octanol–water partition coefficient (Wildman–Crippen LogP) is 2.17. The van der Waals surface area contributed by atoms with Crippen LogP contribution in [0.15, 0.2) is 22.9 Å². The molecule has 0 fully saturated rings. The molecule has 0 amide bonds. The van der Waals surface area contributed by atoms with Gasteiger partial charge < -0.3 is 9.84 Å². The van der Waals surface area contributed by atoms with Crippen LogP contribution in [0.25, 0.3) is 0 Å². The fourth-order valence-corrected chi connectivity index (χ4v) is 1.72. The Balaban J connectivity index is 2.34. The smallest absolute Gasteiger partial charge is 0.0603 e. The van der Waals surface area contributed by atoms with Crippen molar-refractivity contribution in [2.75, 3.05) is 13.2 Å². The summed E-state index contributed by atoms with van der Waals surface area (Å²) < 4.78 is 6.12. The minimum atomic E-state index is -0.354. The fraction of sp³-hybridized carbons (Fsp3) is 0.545. The van der Waals surface area contributed by atoms with Crippen LogP contribution in [-0.2, 0) is 11.2 Å². The number of aliphatic hydroxyl groups excluding tert-OH is 1. The summed E-state index contributed by atoms with van der Waals surface area (Å²) >= 11 is 3.35. The Kier molecular flexibility index (Phi) is 5.83. The van der Waals surface area contributed by atoms with Gasteiger partial charge in [0.25, 0.3) is 0 Å². The maximum absolute atomic E-state index is 9.70. The lowest BCUT2D eigenvalue weighted by Crippen LogP contribution is -2.13. The van der Waals surface area contributed by atoms with Crippen molar-refractivity contribution >= 4 is 15.9 Å². The second-order valence-electron chi connectivity index (χ2n) is 3.35. The fourth-order valence-electron chi connectivity index (χ4n) is 1.31. The molecule has 0 aliphatic carbocycles. The van der Waals surface area contributed by atoms with Gasteiger partial charge in [-0.2, -0.15) is 0 Å². The third kappa shape index (κ3) is 5.25.